The van der Waals surface area contributed by atoms with E-state index in [-0.39, 0.29) is 119 Å². The SMILES string of the molecule is C[C@@H]1CN2c3c(F)cc(F)cc3CC3(C(=O)NC(=O)NC3=O)[C@H]2[C@H](C)O1.C[C@@H]1CN2c3c(cc(Br)c(F)c3F)CC3(C(=O)NC(=O)NC3=O)[C@H]2[C@H](C)O1.C[C@@H]1CN2c3cc(F)c(Br)cc3CC3(C(=O)NC(=O)NC3=O)[C@H]2[C@H](C)O1.C[C@@H]1CN2c3cc(F)c(F)cc3CC3(C(=O)NC(=O)NC3=O)[C@H]2[C@H](C)O1.[C-]#[N+]c1cc2c(c(F)c1F)N1C[C@@H](C)O[C@@H](C)[C@@H]1C1(C2)C(=O)NC(=O)NC1=O. The number of fused-ring (bicyclic) bond motifs is 20. The highest BCUT2D eigenvalue weighted by molar-refractivity contribution is 9.10. The number of halogens is 11. The van der Waals surface area contributed by atoms with E-state index in [1.54, 1.807) is 71.3 Å². The third kappa shape index (κ3) is 15.0. The van der Waals surface area contributed by atoms with E-state index in [4.69, 9.17) is 30.3 Å². The number of barbiturate groups is 5. The number of carbonyl (C=O) groups is 15. The van der Waals surface area contributed by atoms with Crippen molar-refractivity contribution in [2.75, 3.05) is 57.2 Å². The summed E-state index contributed by atoms with van der Waals surface area (Å²) in [4.78, 5) is 197. The summed E-state index contributed by atoms with van der Waals surface area (Å²) < 4.78 is 158. The van der Waals surface area contributed by atoms with Crippen molar-refractivity contribution in [3.8, 4) is 0 Å². The largest absolute Gasteiger partial charge is 0.372 e. The van der Waals surface area contributed by atoms with Crippen molar-refractivity contribution in [2.24, 2.45) is 27.1 Å². The summed E-state index contributed by atoms with van der Waals surface area (Å²) in [6.45, 7) is 25.8. The Hall–Kier alpha value is -12.2. The minimum atomic E-state index is -1.79. The Kier molecular flexibility index (Phi) is 24.1. The van der Waals surface area contributed by atoms with Gasteiger partial charge in [0, 0.05) is 75.5 Å². The van der Waals surface area contributed by atoms with Crippen molar-refractivity contribution in [2.45, 2.75) is 193 Å². The Labute approximate surface area is 765 Å². The number of amides is 20. The van der Waals surface area contributed by atoms with Gasteiger partial charge in [-0.15, -0.1) is 0 Å². The van der Waals surface area contributed by atoms with Crippen LogP contribution in [0.5, 0.6) is 0 Å². The summed E-state index contributed by atoms with van der Waals surface area (Å²) in [5.74, 6) is -16.2. The van der Waals surface area contributed by atoms with Gasteiger partial charge in [-0.2, -0.15) is 0 Å². The number of nitrogens with zero attached hydrogens (tertiary/aromatic N) is 6. The van der Waals surface area contributed by atoms with Gasteiger partial charge in [-0.25, -0.2) is 68.3 Å². The van der Waals surface area contributed by atoms with Gasteiger partial charge < -0.3 is 48.2 Å². The number of morpholine rings is 5. The van der Waals surface area contributed by atoms with Gasteiger partial charge >= 0.3 is 30.2 Å². The van der Waals surface area contributed by atoms with Gasteiger partial charge in [-0.3, -0.25) is 101 Å². The second-order valence-electron chi connectivity index (χ2n) is 35.5. The molecular formula is C86H83Br2F9N16O20. The van der Waals surface area contributed by atoms with Crippen LogP contribution in [-0.4, -0.2) is 213 Å². The molecule has 0 saturated carbocycles. The first-order valence-corrected chi connectivity index (χ1v) is 43.6. The normalized spacial score (nSPS) is 29.3. The predicted molar refractivity (Wildman–Crippen MR) is 448 cm³/mol. The second kappa shape index (κ2) is 34.0. The van der Waals surface area contributed by atoms with E-state index in [0.29, 0.717) is 41.2 Å². The Morgan fingerprint density at radius 3 is 0.887 bits per heavy atom. The van der Waals surface area contributed by atoms with Gasteiger partial charge in [0.1, 0.15) is 17.5 Å². The van der Waals surface area contributed by atoms with Crippen LogP contribution >= 0.6 is 31.9 Å². The van der Waals surface area contributed by atoms with E-state index in [2.05, 4.69) is 89.9 Å². The molecule has 5 spiro atoms. The molecule has 20 rings (SSSR count). The first-order valence-electron chi connectivity index (χ1n) is 42.0. The number of ether oxygens (including phenoxy) is 5. The fraction of sp³-hybridized carbons (Fsp3) is 0.465. The van der Waals surface area contributed by atoms with Crippen LogP contribution in [0.3, 0.4) is 0 Å². The average molecular weight is 1990 g/mol. The highest BCUT2D eigenvalue weighted by atomic mass is 79.9. The van der Waals surface area contributed by atoms with E-state index >= 15 is 0 Å². The Morgan fingerprint density at radius 2 is 0.556 bits per heavy atom. The van der Waals surface area contributed by atoms with Crippen LogP contribution in [0.25, 0.3) is 4.85 Å². The molecule has 15 heterocycles. The van der Waals surface area contributed by atoms with Crippen molar-refractivity contribution in [3.63, 3.8) is 0 Å². The molecule has 15 aliphatic rings. The molecule has 36 nitrogen and oxygen atoms in total. The van der Waals surface area contributed by atoms with Gasteiger partial charge in [-0.1, -0.05) is 0 Å². The summed E-state index contributed by atoms with van der Waals surface area (Å²) in [5.41, 5.74) is -6.12. The third-order valence-corrected chi connectivity index (χ3v) is 28.2. The number of urea groups is 5. The maximum atomic E-state index is 14.9. The summed E-state index contributed by atoms with van der Waals surface area (Å²) >= 11 is 6.14. The molecule has 10 saturated heterocycles. The molecule has 0 aliphatic carbocycles. The molecule has 5 aromatic carbocycles. The monoisotopic (exact) mass is 1990 g/mol. The third-order valence-electron chi connectivity index (χ3n) is 27.0. The molecule has 20 amide bonds. The van der Waals surface area contributed by atoms with Crippen LogP contribution in [-0.2, 0) is 104 Å². The molecule has 133 heavy (non-hydrogen) atoms. The number of hydrogen-bond acceptors (Lipinski definition) is 25. The summed E-state index contributed by atoms with van der Waals surface area (Å²) in [6, 6.07) is 0.916. The standard InChI is InChI=1S/C18H16F2N4O4.C17H16BrF2N3O4.C17H17BrFN3O4.2C17H17F2N3O4/c1-7-6-24-13-9(4-10(21-3)11(19)12(13)20)5-18(14(24)8(2)28-7)15(25)22-17(27)23-16(18)26;1-6-5-23-12-8(3-9(18)10(19)11(12)20)4-17(13(23)7(2)27-6)14(24)21-16(26)22-15(17)25;2*1-7-6-22-12-4-11(19)10(18)3-9(12)5-17(13(22)8(2)26-7)14(23)20-16(25)21-15(17)24;1-7-6-22-12-9(3-10(18)4-11(12)19)5-17(13(22)8(2)26-7)14(23)20-16(25)21-15(17)24/h4,7-8,14H,5-6H2,1-2H3,(H2,22,23,25,26,27);3,6-7,13H,4-5H2,1-2H3,(H2,21,22,24,25,26);3*3-4,7-8,13H,5-6H2,1-2H3,(H2,20,21,23,24,25)/t7-,8+,14-;6-,7+,13-;3*7-,8+,13-/m11111/s1. The zero-order valence-corrected chi connectivity index (χ0v) is 75.0. The second-order valence-corrected chi connectivity index (χ2v) is 37.2. The van der Waals surface area contributed by atoms with E-state index in [9.17, 15) is 111 Å². The van der Waals surface area contributed by atoms with Crippen LogP contribution in [0.15, 0.2) is 57.5 Å². The van der Waals surface area contributed by atoms with Crippen LogP contribution in [0, 0.1) is 86.0 Å². The first kappa shape index (κ1) is 94.0. The quantitative estimate of drug-likeness (QED) is 0.0356. The lowest BCUT2D eigenvalue weighted by atomic mass is 9.66. The minimum Gasteiger partial charge on any atom is -0.372 e. The number of benzene rings is 5. The van der Waals surface area contributed by atoms with Crippen LogP contribution < -0.4 is 77.7 Å². The maximum absolute atomic E-state index is 14.9. The average Bonchev–Trinajstić information content (AvgIpc) is 0.706. The van der Waals surface area contributed by atoms with E-state index < -0.39 is 235 Å². The summed E-state index contributed by atoms with van der Waals surface area (Å²) in [7, 11) is 0. The van der Waals surface area contributed by atoms with E-state index in [0.717, 1.165) is 30.3 Å². The van der Waals surface area contributed by atoms with Gasteiger partial charge in [0.05, 0.1) is 124 Å². The number of carbonyl (C=O) groups excluding carboxylic acids is 15. The Bertz CT molecular complexity index is 5820. The fourth-order valence-electron chi connectivity index (χ4n) is 22.5. The fourth-order valence-corrected chi connectivity index (χ4v) is 23.3. The zero-order chi connectivity index (χ0) is 96.5. The smallest absolute Gasteiger partial charge is 0.328 e. The molecule has 10 N–H and O–H groups in total. The lowest BCUT2D eigenvalue weighted by Crippen LogP contribution is -2.75. The molecule has 47 heteroatoms. The van der Waals surface area contributed by atoms with Gasteiger partial charge in [0.25, 0.3) is 0 Å². The molecule has 0 bridgehead atoms. The lowest BCUT2D eigenvalue weighted by Gasteiger charge is -2.55. The highest BCUT2D eigenvalue weighted by Crippen LogP contribution is 2.55. The molecule has 0 unspecified atom stereocenters. The molecule has 704 valence electrons. The predicted octanol–water partition coefficient (Wildman–Crippen LogP) is 6.21. The van der Waals surface area contributed by atoms with Crippen LogP contribution in [0.4, 0.5) is 97.6 Å². The minimum absolute atomic E-state index is 0.0193. The van der Waals surface area contributed by atoms with Gasteiger partial charge in [-0.05, 0) is 178 Å². The lowest BCUT2D eigenvalue weighted by molar-refractivity contribution is -0.154. The molecule has 15 atom stereocenters. The summed E-state index contributed by atoms with van der Waals surface area (Å²) in [6.07, 6.45) is -5.17. The van der Waals surface area contributed by atoms with Crippen LogP contribution in [0.1, 0.15) is 97.1 Å². The summed E-state index contributed by atoms with van der Waals surface area (Å²) in [5, 5.41) is 21.4. The van der Waals surface area contributed by atoms with E-state index in [1.165, 1.54) is 21.9 Å². The topological polar surface area (TPSA) is 443 Å². The molecule has 5 aromatic rings. The van der Waals surface area contributed by atoms with E-state index in [1.807, 2.05) is 18.7 Å². The first-order chi connectivity index (χ1) is 62.6. The number of rotatable bonds is 0. The molecule has 0 radical (unpaired) electrons. The van der Waals surface area contributed by atoms with Gasteiger partial charge in [0.15, 0.2) is 62.0 Å². The number of anilines is 5. The van der Waals surface area contributed by atoms with Crippen molar-refractivity contribution in [1.29, 1.82) is 0 Å². The Morgan fingerprint density at radius 1 is 0.301 bits per heavy atom. The van der Waals surface area contributed by atoms with Crippen molar-refractivity contribution >= 4 is 155 Å². The molecule has 0 aromatic heterocycles. The highest BCUT2D eigenvalue weighted by Gasteiger charge is 2.70. The molecule has 10 fully saturated rings. The van der Waals surface area contributed by atoms with Crippen molar-refractivity contribution in [3.05, 3.63) is 149 Å². The van der Waals surface area contributed by atoms with Crippen LogP contribution in [0.2, 0.25) is 0 Å². The number of imide groups is 10. The molecular weight excluding hydrogens is 1910 g/mol. The maximum Gasteiger partial charge on any atom is 0.328 e. The Balaban J connectivity index is 0.000000121. The van der Waals surface area contributed by atoms with Crippen molar-refractivity contribution in [1.82, 2.24) is 53.2 Å². The molecule has 15 aliphatic heterocycles. The zero-order valence-electron chi connectivity index (χ0n) is 71.9. The number of nitrogens with one attached hydrogen (secondary N) is 10. The van der Waals surface area contributed by atoms with Gasteiger partial charge in [0.2, 0.25) is 64.8 Å². The van der Waals surface area contributed by atoms with Crippen molar-refractivity contribution < 1.29 is 135 Å². The number of hydrogen-bond donors (Lipinski definition) is 10.